The van der Waals surface area contributed by atoms with Gasteiger partial charge in [0, 0.05) is 10.7 Å². The van der Waals surface area contributed by atoms with Gasteiger partial charge in [-0.15, -0.1) is 5.10 Å². The van der Waals surface area contributed by atoms with Crippen molar-refractivity contribution in [3.63, 3.8) is 0 Å². The van der Waals surface area contributed by atoms with Gasteiger partial charge in [-0.1, -0.05) is 27.5 Å². The van der Waals surface area contributed by atoms with Crippen molar-refractivity contribution in [2.45, 2.75) is 18.0 Å². The molecule has 2 aromatic rings. The summed E-state index contributed by atoms with van der Waals surface area (Å²) in [5.74, 6) is -0.657. The van der Waals surface area contributed by atoms with E-state index in [-0.39, 0.29) is 5.02 Å². The van der Waals surface area contributed by atoms with E-state index in [2.05, 4.69) is 31.4 Å². The highest BCUT2D eigenvalue weighted by atomic mass is 79.9. The first-order valence-corrected chi connectivity index (χ1v) is 9.32. The second kappa shape index (κ2) is 7.11. The highest BCUT2D eigenvalue weighted by molar-refractivity contribution is 9.10. The molecule has 24 heavy (non-hydrogen) atoms. The van der Waals surface area contributed by atoms with Crippen molar-refractivity contribution >= 4 is 49.0 Å². The van der Waals surface area contributed by atoms with Crippen molar-refractivity contribution in [3.05, 3.63) is 33.4 Å². The van der Waals surface area contributed by atoms with Crippen LogP contribution in [-0.4, -0.2) is 35.6 Å². The first kappa shape index (κ1) is 18.7. The minimum absolute atomic E-state index is 0.260. The number of aromatic nitrogens is 3. The maximum atomic E-state index is 12.8. The van der Waals surface area contributed by atoms with Gasteiger partial charge < -0.3 is 5.32 Å². The molecule has 1 amide bonds. The maximum Gasteiger partial charge on any atom is 0.285 e. The lowest BCUT2D eigenvalue weighted by Gasteiger charge is -2.07. The molecule has 0 radical (unpaired) electrons. The molecule has 130 valence electrons. The van der Waals surface area contributed by atoms with E-state index in [0.717, 1.165) is 6.26 Å². The molecule has 0 saturated carbocycles. The Morgan fingerprint density at radius 3 is 2.58 bits per heavy atom. The largest absolute Gasteiger partial charge is 0.323 e. The average Bonchev–Trinajstić information content (AvgIpc) is 2.86. The van der Waals surface area contributed by atoms with E-state index in [4.69, 9.17) is 11.6 Å². The van der Waals surface area contributed by atoms with Gasteiger partial charge in [0.1, 0.15) is 6.54 Å². The molecule has 0 aliphatic carbocycles. The fourth-order valence-electron chi connectivity index (χ4n) is 1.73. The smallest absolute Gasteiger partial charge is 0.285 e. The predicted octanol–water partition coefficient (Wildman–Crippen LogP) is 2.67. The second-order valence-electron chi connectivity index (χ2n) is 4.67. The lowest BCUT2D eigenvalue weighted by molar-refractivity contribution is -0.117. The van der Waals surface area contributed by atoms with E-state index in [1.54, 1.807) is 12.1 Å². The van der Waals surface area contributed by atoms with E-state index < -0.39 is 39.4 Å². The number of hydrogen-bond acceptors (Lipinski definition) is 5. The number of halogens is 4. The number of hydrogen-bond donors (Lipinski definition) is 1. The molecule has 0 aliphatic rings. The van der Waals surface area contributed by atoms with Crippen LogP contribution in [0.5, 0.6) is 0 Å². The molecule has 0 fully saturated rings. The van der Waals surface area contributed by atoms with Crippen molar-refractivity contribution in [1.29, 1.82) is 0 Å². The van der Waals surface area contributed by atoms with E-state index in [9.17, 15) is 22.0 Å². The van der Waals surface area contributed by atoms with Crippen molar-refractivity contribution in [3.8, 4) is 0 Å². The summed E-state index contributed by atoms with van der Waals surface area (Å²) in [6.45, 7) is -0.554. The molecule has 0 atom stereocenters. The normalized spacial score (nSPS) is 11.8. The number of benzene rings is 1. The van der Waals surface area contributed by atoms with E-state index in [0.29, 0.717) is 15.0 Å². The molecule has 1 aromatic heterocycles. The maximum absolute atomic E-state index is 12.8. The Balaban J connectivity index is 2.20. The molecule has 0 unspecified atom stereocenters. The Labute approximate surface area is 149 Å². The van der Waals surface area contributed by atoms with Crippen molar-refractivity contribution in [2.75, 3.05) is 11.6 Å². The third-order valence-corrected chi connectivity index (χ3v) is 4.50. The van der Waals surface area contributed by atoms with Gasteiger partial charge in [-0.3, -0.25) is 4.79 Å². The lowest BCUT2D eigenvalue weighted by atomic mass is 10.3. The van der Waals surface area contributed by atoms with Gasteiger partial charge in [0.05, 0.1) is 10.7 Å². The number of nitrogens with zero attached hydrogens (tertiary/aromatic N) is 3. The Morgan fingerprint density at radius 2 is 2.08 bits per heavy atom. The van der Waals surface area contributed by atoms with Crippen LogP contribution in [0.1, 0.15) is 12.1 Å². The fraction of sp³-hybridized carbons (Fsp3) is 0.250. The summed E-state index contributed by atoms with van der Waals surface area (Å²) in [7, 11) is -4.00. The zero-order valence-electron chi connectivity index (χ0n) is 12.0. The Hall–Kier alpha value is -1.59. The first-order valence-electron chi connectivity index (χ1n) is 6.26. The number of carbonyl (C=O) groups excluding carboxylic acids is 1. The molecule has 2 rings (SSSR count). The zero-order chi connectivity index (χ0) is 18.1. The highest BCUT2D eigenvalue weighted by Gasteiger charge is 2.27. The molecule has 1 heterocycles. The summed E-state index contributed by atoms with van der Waals surface area (Å²) in [6, 6.07) is 4.73. The van der Waals surface area contributed by atoms with E-state index in [1.165, 1.54) is 6.07 Å². The Morgan fingerprint density at radius 1 is 1.42 bits per heavy atom. The summed E-state index contributed by atoms with van der Waals surface area (Å²) in [5.41, 5.74) is -0.693. The first-order chi connectivity index (χ1) is 11.1. The fourth-order valence-corrected chi connectivity index (χ4v) is 3.20. The van der Waals surface area contributed by atoms with Crippen LogP contribution >= 0.6 is 27.5 Å². The van der Waals surface area contributed by atoms with Crippen molar-refractivity contribution in [1.82, 2.24) is 15.0 Å². The Kier molecular flexibility index (Phi) is 5.56. The summed E-state index contributed by atoms with van der Waals surface area (Å²) >= 11 is 9.16. The number of anilines is 1. The molecule has 0 spiro atoms. The van der Waals surface area contributed by atoms with E-state index in [1.807, 2.05) is 0 Å². The molecule has 0 saturated heterocycles. The molecule has 7 nitrogen and oxygen atoms in total. The predicted molar refractivity (Wildman–Crippen MR) is 85.9 cm³/mol. The highest BCUT2D eigenvalue weighted by Crippen LogP contribution is 2.26. The number of nitrogens with one attached hydrogen (secondary N) is 1. The number of carbonyl (C=O) groups is 1. The van der Waals surface area contributed by atoms with Crippen molar-refractivity contribution < 1.29 is 22.0 Å². The van der Waals surface area contributed by atoms with Crippen molar-refractivity contribution in [2.24, 2.45) is 0 Å². The van der Waals surface area contributed by atoms with Gasteiger partial charge in [-0.2, -0.15) is 9.90 Å². The van der Waals surface area contributed by atoms with Gasteiger partial charge in [0.2, 0.25) is 10.9 Å². The van der Waals surface area contributed by atoms with Crippen LogP contribution in [0.4, 0.5) is 14.5 Å². The molecule has 12 heteroatoms. The number of sulfone groups is 1. The van der Waals surface area contributed by atoms with Crippen LogP contribution in [-0.2, 0) is 21.2 Å². The SMILES string of the molecule is CS(=O)(=O)c1nn(CC(=O)Nc2ccc(Br)cc2Cl)nc1C(F)F. The summed E-state index contributed by atoms with van der Waals surface area (Å²) in [5, 5.41) is 8.69. The molecule has 0 aliphatic heterocycles. The minimum Gasteiger partial charge on any atom is -0.323 e. The number of alkyl halides is 2. The zero-order valence-corrected chi connectivity index (χ0v) is 15.2. The second-order valence-corrected chi connectivity index (χ2v) is 7.92. The quantitative estimate of drug-likeness (QED) is 0.767. The molecular formula is C12H10BrClF2N4O3S. The third kappa shape index (κ3) is 4.48. The van der Waals surface area contributed by atoms with Gasteiger partial charge in [0.25, 0.3) is 6.43 Å². The van der Waals surface area contributed by atoms with Crippen LogP contribution in [0, 0.1) is 0 Å². The summed E-state index contributed by atoms with van der Waals surface area (Å²) in [6.07, 6.45) is -2.40. The van der Waals surface area contributed by atoms with Crippen LogP contribution < -0.4 is 5.32 Å². The van der Waals surface area contributed by atoms with Crippen LogP contribution in [0.25, 0.3) is 0 Å². The topological polar surface area (TPSA) is 94.0 Å². The lowest BCUT2D eigenvalue weighted by Crippen LogP contribution is -2.20. The summed E-state index contributed by atoms with van der Waals surface area (Å²) in [4.78, 5) is 12.5. The molecule has 1 N–H and O–H groups in total. The number of rotatable bonds is 5. The monoisotopic (exact) mass is 442 g/mol. The van der Waals surface area contributed by atoms with Gasteiger partial charge >= 0.3 is 0 Å². The van der Waals surface area contributed by atoms with Gasteiger partial charge in [0.15, 0.2) is 15.5 Å². The average molecular weight is 444 g/mol. The Bertz CT molecular complexity index is 888. The standard InChI is InChI=1S/C12H10BrClF2N4O3S/c1-24(22,23)12-10(11(15)16)18-20(19-12)5-9(21)17-8-3-2-6(13)4-7(8)14/h2-4,11H,5H2,1H3,(H,17,21). The number of amides is 1. The van der Waals surface area contributed by atoms with Crippen LogP contribution in [0.3, 0.4) is 0 Å². The van der Waals surface area contributed by atoms with Crippen LogP contribution in [0.15, 0.2) is 27.7 Å². The van der Waals surface area contributed by atoms with E-state index >= 15 is 0 Å². The minimum atomic E-state index is -4.00. The molecular weight excluding hydrogens is 434 g/mol. The molecule has 0 bridgehead atoms. The summed E-state index contributed by atoms with van der Waals surface area (Å²) < 4.78 is 49.3. The van der Waals surface area contributed by atoms with Crippen LogP contribution in [0.2, 0.25) is 5.02 Å². The van der Waals surface area contributed by atoms with Gasteiger partial charge in [-0.05, 0) is 18.2 Å². The third-order valence-electron chi connectivity index (χ3n) is 2.70. The van der Waals surface area contributed by atoms with Gasteiger partial charge in [-0.25, -0.2) is 17.2 Å². The molecule has 1 aromatic carbocycles.